The zero-order valence-corrected chi connectivity index (χ0v) is 15.8. The van der Waals surface area contributed by atoms with Gasteiger partial charge in [-0.25, -0.2) is 4.79 Å². The molecular weight excluding hydrogens is 366 g/mol. The highest BCUT2D eigenvalue weighted by Crippen LogP contribution is 2.16. The Morgan fingerprint density at radius 2 is 2.14 bits per heavy atom. The lowest BCUT2D eigenvalue weighted by atomic mass is 10.3. The van der Waals surface area contributed by atoms with Crippen LogP contribution in [-0.4, -0.2) is 49.9 Å². The first-order valence-electron chi connectivity index (χ1n) is 8.71. The molecule has 28 heavy (non-hydrogen) atoms. The van der Waals surface area contributed by atoms with Gasteiger partial charge >= 0.3 is 6.03 Å². The van der Waals surface area contributed by atoms with Crippen LogP contribution in [0.2, 0.25) is 0 Å². The highest BCUT2D eigenvalue weighted by molar-refractivity contribution is 5.74. The zero-order chi connectivity index (χ0) is 19.9. The van der Waals surface area contributed by atoms with Crippen LogP contribution in [0.5, 0.6) is 0 Å². The van der Waals surface area contributed by atoms with Crippen LogP contribution in [0.3, 0.4) is 0 Å². The van der Waals surface area contributed by atoms with Crippen molar-refractivity contribution in [1.29, 1.82) is 0 Å². The number of carbonyl (C=O) groups excluding carboxylic acids is 1. The van der Waals surface area contributed by atoms with Crippen LogP contribution in [0.25, 0.3) is 11.5 Å². The lowest BCUT2D eigenvalue weighted by molar-refractivity contribution is 0.174. The number of aromatic nitrogens is 5. The van der Waals surface area contributed by atoms with E-state index in [0.29, 0.717) is 29.8 Å². The van der Waals surface area contributed by atoms with Crippen LogP contribution >= 0.6 is 0 Å². The van der Waals surface area contributed by atoms with E-state index in [1.807, 2.05) is 13.0 Å². The topological polar surface area (TPSA) is 132 Å². The minimum Gasteiger partial charge on any atom is -0.377 e. The largest absolute Gasteiger partial charge is 0.377 e. The second-order valence-corrected chi connectivity index (χ2v) is 5.89. The van der Waals surface area contributed by atoms with Crippen LogP contribution in [0.4, 0.5) is 4.79 Å². The van der Waals surface area contributed by atoms with Gasteiger partial charge in [0.2, 0.25) is 17.6 Å². The average Bonchev–Trinajstić information content (AvgIpc) is 3.37. The SMILES string of the molecule is CCN(Cc1nc(COC)no1)C(=O)NC(C)c1nc(-c2ccccn2)no1. The fraction of sp³-hybridized carbons (Fsp3) is 0.412. The zero-order valence-electron chi connectivity index (χ0n) is 15.8. The second-order valence-electron chi connectivity index (χ2n) is 5.89. The number of urea groups is 1. The summed E-state index contributed by atoms with van der Waals surface area (Å²) in [6, 6.07) is 4.60. The Morgan fingerprint density at radius 3 is 2.86 bits per heavy atom. The van der Waals surface area contributed by atoms with Crippen molar-refractivity contribution in [3.05, 3.63) is 42.0 Å². The van der Waals surface area contributed by atoms with Gasteiger partial charge in [-0.15, -0.1) is 0 Å². The van der Waals surface area contributed by atoms with Crippen molar-refractivity contribution in [2.24, 2.45) is 0 Å². The predicted molar refractivity (Wildman–Crippen MR) is 95.6 cm³/mol. The van der Waals surface area contributed by atoms with Crippen molar-refractivity contribution in [3.63, 3.8) is 0 Å². The van der Waals surface area contributed by atoms with E-state index in [2.05, 4.69) is 30.6 Å². The molecule has 11 heteroatoms. The Morgan fingerprint density at radius 1 is 1.29 bits per heavy atom. The maximum Gasteiger partial charge on any atom is 0.318 e. The summed E-state index contributed by atoms with van der Waals surface area (Å²) in [7, 11) is 1.54. The molecule has 0 aliphatic carbocycles. The first kappa shape index (κ1) is 19.4. The molecule has 0 aliphatic heterocycles. The van der Waals surface area contributed by atoms with Gasteiger partial charge in [-0.05, 0) is 26.0 Å². The summed E-state index contributed by atoms with van der Waals surface area (Å²) in [5, 5.41) is 10.5. The molecule has 0 radical (unpaired) electrons. The lowest BCUT2D eigenvalue weighted by Gasteiger charge is -2.21. The number of ether oxygens (including phenoxy) is 1. The molecule has 0 saturated heterocycles. The second kappa shape index (κ2) is 9.04. The van der Waals surface area contributed by atoms with Crippen LogP contribution < -0.4 is 5.32 Å². The summed E-state index contributed by atoms with van der Waals surface area (Å²) in [6.45, 7) is 4.47. The fourth-order valence-electron chi connectivity index (χ4n) is 2.38. The van der Waals surface area contributed by atoms with Gasteiger partial charge in [0, 0.05) is 19.9 Å². The molecule has 0 bridgehead atoms. The highest BCUT2D eigenvalue weighted by atomic mass is 16.5. The third-order valence-electron chi connectivity index (χ3n) is 3.82. The van der Waals surface area contributed by atoms with Gasteiger partial charge in [0.05, 0.1) is 0 Å². The van der Waals surface area contributed by atoms with E-state index >= 15 is 0 Å². The monoisotopic (exact) mass is 387 g/mol. The number of carbonyl (C=O) groups is 1. The van der Waals surface area contributed by atoms with E-state index in [0.717, 1.165) is 0 Å². The van der Waals surface area contributed by atoms with Gasteiger partial charge < -0.3 is 24.0 Å². The Bertz CT molecular complexity index is 896. The van der Waals surface area contributed by atoms with E-state index < -0.39 is 6.04 Å². The summed E-state index contributed by atoms with van der Waals surface area (Å²) in [5.41, 5.74) is 0.592. The maximum absolute atomic E-state index is 12.6. The van der Waals surface area contributed by atoms with Gasteiger partial charge in [-0.2, -0.15) is 9.97 Å². The van der Waals surface area contributed by atoms with E-state index in [-0.39, 0.29) is 25.1 Å². The normalized spacial score (nSPS) is 12.0. The molecule has 0 aliphatic rings. The van der Waals surface area contributed by atoms with Crippen molar-refractivity contribution >= 4 is 6.03 Å². The number of methoxy groups -OCH3 is 1. The molecule has 1 unspecified atom stereocenters. The van der Waals surface area contributed by atoms with Crippen LogP contribution in [0, 0.1) is 0 Å². The van der Waals surface area contributed by atoms with Crippen molar-refractivity contribution in [2.45, 2.75) is 33.0 Å². The third-order valence-corrected chi connectivity index (χ3v) is 3.82. The van der Waals surface area contributed by atoms with E-state index in [9.17, 15) is 4.79 Å². The van der Waals surface area contributed by atoms with Crippen molar-refractivity contribution in [2.75, 3.05) is 13.7 Å². The number of amides is 2. The number of pyridine rings is 1. The van der Waals surface area contributed by atoms with Gasteiger partial charge in [0.1, 0.15) is 24.9 Å². The Kier molecular flexibility index (Phi) is 6.27. The lowest BCUT2D eigenvalue weighted by Crippen LogP contribution is -2.40. The third kappa shape index (κ3) is 4.68. The summed E-state index contributed by atoms with van der Waals surface area (Å²) < 4.78 is 15.3. The highest BCUT2D eigenvalue weighted by Gasteiger charge is 2.22. The molecule has 1 atom stereocenters. The number of hydrogen-bond acceptors (Lipinski definition) is 9. The molecule has 3 rings (SSSR count). The quantitative estimate of drug-likeness (QED) is 0.615. The molecule has 1 N–H and O–H groups in total. The summed E-state index contributed by atoms with van der Waals surface area (Å²) in [6.07, 6.45) is 1.64. The number of hydrogen-bond donors (Lipinski definition) is 1. The van der Waals surface area contributed by atoms with Gasteiger partial charge in [0.25, 0.3) is 0 Å². The van der Waals surface area contributed by atoms with E-state index in [4.69, 9.17) is 13.8 Å². The average molecular weight is 387 g/mol. The Hall–Kier alpha value is -3.34. The molecular formula is C17H21N7O4. The Labute approximate surface area is 161 Å². The van der Waals surface area contributed by atoms with Crippen molar-refractivity contribution in [3.8, 4) is 11.5 Å². The van der Waals surface area contributed by atoms with Crippen LogP contribution in [-0.2, 0) is 17.9 Å². The first-order valence-corrected chi connectivity index (χ1v) is 8.71. The van der Waals surface area contributed by atoms with E-state index in [1.54, 1.807) is 32.4 Å². The minimum absolute atomic E-state index is 0.175. The van der Waals surface area contributed by atoms with Gasteiger partial charge in [-0.1, -0.05) is 16.4 Å². The number of nitrogens with one attached hydrogen (secondary N) is 1. The molecule has 0 fully saturated rings. The molecule has 3 aromatic heterocycles. The Balaban J connectivity index is 1.61. The van der Waals surface area contributed by atoms with Crippen LogP contribution in [0.1, 0.15) is 37.5 Å². The predicted octanol–water partition coefficient (Wildman–Crippen LogP) is 1.95. The standard InChI is InChI=1S/C17H21N7O4/c1-4-24(9-14-20-13(10-26-3)22-27-14)17(25)19-11(2)16-21-15(23-28-16)12-7-5-6-8-18-12/h5-8,11H,4,9-10H2,1-3H3,(H,19,25). The van der Waals surface area contributed by atoms with Crippen molar-refractivity contribution in [1.82, 2.24) is 35.5 Å². The molecule has 3 heterocycles. The number of nitrogens with zero attached hydrogens (tertiary/aromatic N) is 6. The molecule has 0 aromatic carbocycles. The van der Waals surface area contributed by atoms with Crippen LogP contribution in [0.15, 0.2) is 33.4 Å². The summed E-state index contributed by atoms with van der Waals surface area (Å²) in [5.74, 6) is 1.40. The maximum atomic E-state index is 12.6. The summed E-state index contributed by atoms with van der Waals surface area (Å²) in [4.78, 5) is 26.7. The molecule has 11 nitrogen and oxygen atoms in total. The number of rotatable bonds is 8. The first-order chi connectivity index (χ1) is 13.6. The molecule has 3 aromatic rings. The molecule has 2 amide bonds. The molecule has 148 valence electrons. The smallest absolute Gasteiger partial charge is 0.318 e. The fourth-order valence-corrected chi connectivity index (χ4v) is 2.38. The van der Waals surface area contributed by atoms with Gasteiger partial charge in [0.15, 0.2) is 5.82 Å². The molecule has 0 spiro atoms. The summed E-state index contributed by atoms with van der Waals surface area (Å²) >= 11 is 0. The van der Waals surface area contributed by atoms with Crippen molar-refractivity contribution < 1.29 is 18.6 Å². The van der Waals surface area contributed by atoms with Gasteiger partial charge in [-0.3, -0.25) is 4.98 Å². The van der Waals surface area contributed by atoms with E-state index in [1.165, 1.54) is 4.90 Å². The minimum atomic E-state index is -0.488. The molecule has 0 saturated carbocycles.